The highest BCUT2D eigenvalue weighted by atomic mass is 35.5. The van der Waals surface area contributed by atoms with E-state index in [1.54, 1.807) is 49.4 Å². The van der Waals surface area contributed by atoms with Gasteiger partial charge in [0.1, 0.15) is 12.4 Å². The molecular weight excluding hydrogens is 463 g/mol. The molecule has 0 heterocycles. The third-order valence-corrected chi connectivity index (χ3v) is 7.22. The molecule has 1 amide bonds. The Morgan fingerprint density at radius 1 is 1.00 bits per heavy atom. The lowest BCUT2D eigenvalue weighted by Gasteiger charge is -2.26. The van der Waals surface area contributed by atoms with Crippen LogP contribution in [0.2, 0.25) is 5.02 Å². The molecule has 3 aromatic rings. The highest BCUT2D eigenvalue weighted by Gasteiger charge is 2.28. The van der Waals surface area contributed by atoms with E-state index in [4.69, 9.17) is 11.6 Å². The van der Waals surface area contributed by atoms with Gasteiger partial charge in [0.05, 0.1) is 10.6 Å². The maximum atomic E-state index is 13.5. The van der Waals surface area contributed by atoms with Crippen LogP contribution in [0, 0.1) is 19.7 Å². The standard InChI is InChI=1S/C25H26ClFN2O3S/c1-18-5-13-23(14-6-18)33(31,32)29(24-16-21(26)10-7-19(24)2)17-25(30)28-15-3-4-20-8-11-22(27)12-9-20/h5-14,16H,3-4,15,17H2,1-2H3,(H,28,30). The number of rotatable bonds is 9. The second-order valence-electron chi connectivity index (χ2n) is 7.84. The number of hydrogen-bond acceptors (Lipinski definition) is 3. The molecule has 0 spiro atoms. The Hall–Kier alpha value is -2.90. The van der Waals surface area contributed by atoms with Crippen molar-refractivity contribution in [2.45, 2.75) is 31.6 Å². The quantitative estimate of drug-likeness (QED) is 0.429. The average molecular weight is 489 g/mol. The van der Waals surface area contributed by atoms with E-state index in [0.717, 1.165) is 15.4 Å². The Morgan fingerprint density at radius 2 is 1.67 bits per heavy atom. The fraction of sp³-hybridized carbons (Fsp3) is 0.240. The minimum Gasteiger partial charge on any atom is -0.355 e. The molecule has 0 aliphatic heterocycles. The summed E-state index contributed by atoms with van der Waals surface area (Å²) >= 11 is 6.14. The predicted molar refractivity (Wildman–Crippen MR) is 130 cm³/mol. The Labute approximate surface area is 199 Å². The van der Waals surface area contributed by atoms with Crippen molar-refractivity contribution in [2.24, 2.45) is 0 Å². The van der Waals surface area contributed by atoms with E-state index in [1.165, 1.54) is 24.3 Å². The van der Waals surface area contributed by atoms with Gasteiger partial charge in [0.25, 0.3) is 10.0 Å². The van der Waals surface area contributed by atoms with Crippen LogP contribution in [0.5, 0.6) is 0 Å². The van der Waals surface area contributed by atoms with E-state index in [-0.39, 0.29) is 17.3 Å². The van der Waals surface area contributed by atoms with Gasteiger partial charge in [-0.1, -0.05) is 47.5 Å². The molecule has 3 rings (SSSR count). The number of aryl methyl sites for hydroxylation is 3. The van der Waals surface area contributed by atoms with Crippen molar-refractivity contribution in [1.82, 2.24) is 5.32 Å². The van der Waals surface area contributed by atoms with Crippen molar-refractivity contribution < 1.29 is 17.6 Å². The summed E-state index contributed by atoms with van der Waals surface area (Å²) in [5.41, 5.74) is 2.92. The summed E-state index contributed by atoms with van der Waals surface area (Å²) in [6.07, 6.45) is 1.30. The molecule has 5 nitrogen and oxygen atoms in total. The van der Waals surface area contributed by atoms with Crippen LogP contribution in [0.3, 0.4) is 0 Å². The van der Waals surface area contributed by atoms with Crippen LogP contribution in [0.15, 0.2) is 71.6 Å². The van der Waals surface area contributed by atoms with Gasteiger partial charge in [0.15, 0.2) is 0 Å². The van der Waals surface area contributed by atoms with Gasteiger partial charge in [0, 0.05) is 11.6 Å². The Balaban J connectivity index is 1.75. The number of halogens is 2. The molecule has 33 heavy (non-hydrogen) atoms. The second-order valence-corrected chi connectivity index (χ2v) is 10.1. The molecule has 0 aliphatic carbocycles. The number of carbonyl (C=O) groups is 1. The molecule has 8 heteroatoms. The summed E-state index contributed by atoms with van der Waals surface area (Å²) in [6, 6.07) is 17.6. The fourth-order valence-electron chi connectivity index (χ4n) is 3.35. The van der Waals surface area contributed by atoms with Crippen LogP contribution in [0.1, 0.15) is 23.1 Å². The Morgan fingerprint density at radius 3 is 2.33 bits per heavy atom. The number of hydrogen-bond donors (Lipinski definition) is 1. The summed E-state index contributed by atoms with van der Waals surface area (Å²) < 4.78 is 41.0. The van der Waals surface area contributed by atoms with Gasteiger partial charge in [-0.05, 0) is 74.2 Å². The zero-order chi connectivity index (χ0) is 24.0. The molecule has 3 aromatic carbocycles. The highest BCUT2D eigenvalue weighted by Crippen LogP contribution is 2.29. The first kappa shape index (κ1) is 24.7. The molecule has 174 valence electrons. The molecule has 0 fully saturated rings. The van der Waals surface area contributed by atoms with E-state index in [2.05, 4.69) is 5.32 Å². The zero-order valence-electron chi connectivity index (χ0n) is 18.5. The third-order valence-electron chi connectivity index (χ3n) is 5.21. The first-order valence-electron chi connectivity index (χ1n) is 10.5. The Kier molecular flexibility index (Phi) is 8.10. The van der Waals surface area contributed by atoms with Crippen LogP contribution < -0.4 is 9.62 Å². The van der Waals surface area contributed by atoms with E-state index in [1.807, 2.05) is 6.92 Å². The first-order chi connectivity index (χ1) is 15.7. The van der Waals surface area contributed by atoms with E-state index < -0.39 is 15.9 Å². The van der Waals surface area contributed by atoms with Gasteiger partial charge < -0.3 is 5.32 Å². The summed E-state index contributed by atoms with van der Waals surface area (Å²) in [5, 5.41) is 3.15. The monoisotopic (exact) mass is 488 g/mol. The molecule has 0 aliphatic rings. The molecule has 0 bridgehead atoms. The third kappa shape index (κ3) is 6.55. The van der Waals surface area contributed by atoms with Crippen molar-refractivity contribution in [3.63, 3.8) is 0 Å². The number of anilines is 1. The number of sulfonamides is 1. The predicted octanol–water partition coefficient (Wildman–Crippen LogP) is 5.04. The lowest BCUT2D eigenvalue weighted by molar-refractivity contribution is -0.119. The number of amides is 1. The van der Waals surface area contributed by atoms with Gasteiger partial charge in [-0.2, -0.15) is 0 Å². The lowest BCUT2D eigenvalue weighted by atomic mass is 10.1. The van der Waals surface area contributed by atoms with Crippen molar-refractivity contribution in [3.8, 4) is 0 Å². The zero-order valence-corrected chi connectivity index (χ0v) is 20.1. The van der Waals surface area contributed by atoms with Gasteiger partial charge in [-0.25, -0.2) is 12.8 Å². The van der Waals surface area contributed by atoms with Gasteiger partial charge in [0.2, 0.25) is 5.91 Å². The minimum atomic E-state index is -4.00. The van der Waals surface area contributed by atoms with Crippen molar-refractivity contribution in [3.05, 3.63) is 94.3 Å². The van der Waals surface area contributed by atoms with Gasteiger partial charge >= 0.3 is 0 Å². The smallest absolute Gasteiger partial charge is 0.264 e. The minimum absolute atomic E-state index is 0.0941. The Bertz CT molecular complexity index is 1210. The number of carbonyl (C=O) groups excluding carboxylic acids is 1. The van der Waals surface area contributed by atoms with E-state index in [0.29, 0.717) is 35.7 Å². The van der Waals surface area contributed by atoms with Crippen LogP contribution >= 0.6 is 11.6 Å². The van der Waals surface area contributed by atoms with Crippen LogP contribution in [-0.2, 0) is 21.2 Å². The van der Waals surface area contributed by atoms with Crippen molar-refractivity contribution >= 4 is 33.2 Å². The fourth-order valence-corrected chi connectivity index (χ4v) is 4.99. The van der Waals surface area contributed by atoms with Crippen LogP contribution in [0.4, 0.5) is 10.1 Å². The summed E-state index contributed by atoms with van der Waals surface area (Å²) in [7, 11) is -4.00. The van der Waals surface area contributed by atoms with Gasteiger partial charge in [-0.3, -0.25) is 9.10 Å². The second kappa shape index (κ2) is 10.8. The average Bonchev–Trinajstić information content (AvgIpc) is 2.78. The molecule has 1 N–H and O–H groups in total. The lowest BCUT2D eigenvalue weighted by Crippen LogP contribution is -2.41. The largest absolute Gasteiger partial charge is 0.355 e. The van der Waals surface area contributed by atoms with Gasteiger partial charge in [-0.15, -0.1) is 0 Å². The summed E-state index contributed by atoms with van der Waals surface area (Å²) in [6.45, 7) is 3.62. The van der Waals surface area contributed by atoms with Crippen molar-refractivity contribution in [1.29, 1.82) is 0 Å². The molecule has 0 atom stereocenters. The molecular formula is C25H26ClFN2O3S. The maximum Gasteiger partial charge on any atom is 0.264 e. The van der Waals surface area contributed by atoms with Crippen molar-refractivity contribution in [2.75, 3.05) is 17.4 Å². The number of benzene rings is 3. The van der Waals surface area contributed by atoms with Crippen LogP contribution in [-0.4, -0.2) is 27.4 Å². The number of nitrogens with zero attached hydrogens (tertiary/aromatic N) is 1. The number of nitrogens with one attached hydrogen (secondary N) is 1. The van der Waals surface area contributed by atoms with E-state index in [9.17, 15) is 17.6 Å². The first-order valence-corrected chi connectivity index (χ1v) is 12.4. The summed E-state index contributed by atoms with van der Waals surface area (Å²) in [4.78, 5) is 12.8. The molecule has 0 radical (unpaired) electrons. The highest BCUT2D eigenvalue weighted by molar-refractivity contribution is 7.92. The SMILES string of the molecule is Cc1ccc(S(=O)(=O)N(CC(=O)NCCCc2ccc(F)cc2)c2cc(Cl)ccc2C)cc1. The normalized spacial score (nSPS) is 11.3. The summed E-state index contributed by atoms with van der Waals surface area (Å²) in [5.74, 6) is -0.720. The van der Waals surface area contributed by atoms with E-state index >= 15 is 0 Å². The maximum absolute atomic E-state index is 13.5. The molecule has 0 unspecified atom stereocenters. The molecule has 0 saturated carbocycles. The molecule has 0 saturated heterocycles. The van der Waals surface area contributed by atoms with Crippen LogP contribution in [0.25, 0.3) is 0 Å². The topological polar surface area (TPSA) is 66.5 Å². The molecule has 0 aromatic heterocycles.